The number of hydrazine groups is 1. The van der Waals surface area contributed by atoms with Gasteiger partial charge in [0.15, 0.2) is 0 Å². The van der Waals surface area contributed by atoms with Gasteiger partial charge >= 0.3 is 0 Å². The summed E-state index contributed by atoms with van der Waals surface area (Å²) in [5.74, 6) is 5.94. The Morgan fingerprint density at radius 2 is 1.90 bits per heavy atom. The Kier molecular flexibility index (Phi) is 4.71. The molecular weight excluding hydrogens is 255 g/mol. The average Bonchev–Trinajstić information content (AvgIpc) is 2.49. The third-order valence-corrected chi connectivity index (χ3v) is 3.39. The van der Waals surface area contributed by atoms with Crippen LogP contribution in [0.2, 0.25) is 0 Å². The molecule has 0 fully saturated rings. The Morgan fingerprint density at radius 1 is 1.20 bits per heavy atom. The van der Waals surface area contributed by atoms with Crippen LogP contribution in [-0.2, 0) is 6.42 Å². The number of rotatable bonds is 5. The lowest BCUT2D eigenvalue weighted by Crippen LogP contribution is -2.29. The molecule has 0 spiro atoms. The molecule has 0 heterocycles. The van der Waals surface area contributed by atoms with Gasteiger partial charge in [0.25, 0.3) is 0 Å². The summed E-state index contributed by atoms with van der Waals surface area (Å²) in [6.07, 6.45) is 0.976. The fourth-order valence-electron chi connectivity index (χ4n) is 2.24. The van der Waals surface area contributed by atoms with Crippen molar-refractivity contribution in [2.24, 2.45) is 5.84 Å². The van der Waals surface area contributed by atoms with Gasteiger partial charge in [0.2, 0.25) is 0 Å². The number of methoxy groups -OCH3 is 1. The molecule has 0 aromatic heterocycles. The van der Waals surface area contributed by atoms with E-state index in [2.05, 4.69) is 12.3 Å². The van der Waals surface area contributed by atoms with Crippen molar-refractivity contribution in [1.82, 2.24) is 5.43 Å². The summed E-state index contributed by atoms with van der Waals surface area (Å²) in [6.45, 7) is 2.10. The molecule has 0 aliphatic heterocycles. The van der Waals surface area contributed by atoms with Crippen LogP contribution < -0.4 is 16.0 Å². The third kappa shape index (κ3) is 2.98. The zero-order valence-corrected chi connectivity index (χ0v) is 11.7. The Bertz CT molecular complexity index is 569. The first-order valence-electron chi connectivity index (χ1n) is 6.58. The highest BCUT2D eigenvalue weighted by Gasteiger charge is 2.17. The highest BCUT2D eigenvalue weighted by Crippen LogP contribution is 2.30. The van der Waals surface area contributed by atoms with E-state index in [-0.39, 0.29) is 11.9 Å². The second kappa shape index (κ2) is 6.50. The first-order valence-corrected chi connectivity index (χ1v) is 6.58. The van der Waals surface area contributed by atoms with E-state index in [0.29, 0.717) is 11.3 Å². The van der Waals surface area contributed by atoms with Crippen molar-refractivity contribution >= 4 is 0 Å². The maximum Gasteiger partial charge on any atom is 0.124 e. The molecule has 106 valence electrons. The number of hydrogen-bond acceptors (Lipinski definition) is 3. The second-order valence-corrected chi connectivity index (χ2v) is 4.58. The van der Waals surface area contributed by atoms with Crippen LogP contribution in [0.15, 0.2) is 42.5 Å². The van der Waals surface area contributed by atoms with E-state index >= 15 is 0 Å². The average molecular weight is 274 g/mol. The number of nitrogens with one attached hydrogen (secondary N) is 1. The minimum absolute atomic E-state index is 0.313. The minimum atomic E-state index is -0.314. The first-order chi connectivity index (χ1) is 9.69. The largest absolute Gasteiger partial charge is 0.496 e. The quantitative estimate of drug-likeness (QED) is 0.651. The van der Waals surface area contributed by atoms with E-state index in [0.717, 1.165) is 12.0 Å². The van der Waals surface area contributed by atoms with Crippen molar-refractivity contribution in [2.75, 3.05) is 7.11 Å². The summed E-state index contributed by atoms with van der Waals surface area (Å²) in [6, 6.07) is 12.2. The van der Waals surface area contributed by atoms with E-state index in [1.165, 1.54) is 17.7 Å². The van der Waals surface area contributed by atoms with Crippen LogP contribution in [0.25, 0.3) is 0 Å². The zero-order valence-electron chi connectivity index (χ0n) is 11.7. The monoisotopic (exact) mass is 274 g/mol. The Morgan fingerprint density at radius 3 is 2.45 bits per heavy atom. The van der Waals surface area contributed by atoms with E-state index in [1.807, 2.05) is 24.3 Å². The molecule has 1 unspecified atom stereocenters. The predicted octanol–water partition coefficient (Wildman–Crippen LogP) is 2.95. The molecule has 4 heteroatoms. The van der Waals surface area contributed by atoms with Gasteiger partial charge in [0.1, 0.15) is 11.6 Å². The van der Waals surface area contributed by atoms with Crippen LogP contribution in [0.5, 0.6) is 5.75 Å². The van der Waals surface area contributed by atoms with Gasteiger partial charge in [-0.15, -0.1) is 0 Å². The Hall–Kier alpha value is -1.91. The second-order valence-electron chi connectivity index (χ2n) is 4.58. The molecule has 0 amide bonds. The van der Waals surface area contributed by atoms with Gasteiger partial charge < -0.3 is 4.74 Å². The van der Waals surface area contributed by atoms with Crippen LogP contribution in [0, 0.1) is 5.82 Å². The lowest BCUT2D eigenvalue weighted by Gasteiger charge is -2.20. The lowest BCUT2D eigenvalue weighted by molar-refractivity contribution is 0.402. The highest BCUT2D eigenvalue weighted by molar-refractivity contribution is 5.42. The number of aryl methyl sites for hydroxylation is 1. The molecule has 0 radical (unpaired) electrons. The molecule has 2 aromatic rings. The molecular formula is C16H19FN2O. The van der Waals surface area contributed by atoms with Crippen LogP contribution in [0.1, 0.15) is 29.7 Å². The number of ether oxygens (including phenoxy) is 1. The Balaban J connectivity index is 2.43. The fourth-order valence-corrected chi connectivity index (χ4v) is 2.24. The van der Waals surface area contributed by atoms with Crippen LogP contribution in [-0.4, -0.2) is 7.11 Å². The summed E-state index contributed by atoms with van der Waals surface area (Å²) < 4.78 is 18.8. The number of halogens is 1. The SMILES string of the molecule is CCc1ccc(C(NN)c2cc(F)ccc2OC)cc1. The van der Waals surface area contributed by atoms with Gasteiger partial charge in [0.05, 0.1) is 13.2 Å². The number of hydrogen-bond donors (Lipinski definition) is 2. The van der Waals surface area contributed by atoms with E-state index in [4.69, 9.17) is 10.6 Å². The molecule has 3 nitrogen and oxygen atoms in total. The molecule has 2 aromatic carbocycles. The van der Waals surface area contributed by atoms with Gasteiger partial charge in [-0.25, -0.2) is 9.82 Å². The third-order valence-electron chi connectivity index (χ3n) is 3.39. The summed E-state index contributed by atoms with van der Waals surface area (Å²) >= 11 is 0. The summed E-state index contributed by atoms with van der Waals surface area (Å²) in [4.78, 5) is 0. The first kappa shape index (κ1) is 14.5. The predicted molar refractivity (Wildman–Crippen MR) is 77.9 cm³/mol. The molecule has 0 bridgehead atoms. The van der Waals surface area contributed by atoms with Gasteiger partial charge in [-0.1, -0.05) is 31.2 Å². The van der Waals surface area contributed by atoms with Gasteiger partial charge in [-0.3, -0.25) is 5.84 Å². The van der Waals surface area contributed by atoms with Crippen LogP contribution >= 0.6 is 0 Å². The molecule has 2 rings (SSSR count). The number of nitrogens with two attached hydrogens (primary N) is 1. The molecule has 1 atom stereocenters. The van der Waals surface area contributed by atoms with Crippen LogP contribution in [0.3, 0.4) is 0 Å². The fraction of sp³-hybridized carbons (Fsp3) is 0.250. The molecule has 3 N–H and O–H groups in total. The van der Waals surface area contributed by atoms with Crippen molar-refractivity contribution in [3.63, 3.8) is 0 Å². The Labute approximate surface area is 118 Å². The summed E-state index contributed by atoms with van der Waals surface area (Å²) in [5.41, 5.74) is 5.62. The normalized spacial score (nSPS) is 12.2. The van der Waals surface area contributed by atoms with Crippen molar-refractivity contribution in [2.45, 2.75) is 19.4 Å². The molecule has 20 heavy (non-hydrogen) atoms. The summed E-state index contributed by atoms with van der Waals surface area (Å²) in [7, 11) is 1.56. The van der Waals surface area contributed by atoms with Gasteiger partial charge in [0, 0.05) is 5.56 Å². The molecule has 0 saturated heterocycles. The maximum absolute atomic E-state index is 13.5. The molecule has 0 aliphatic rings. The van der Waals surface area contributed by atoms with Crippen molar-refractivity contribution < 1.29 is 9.13 Å². The molecule has 0 saturated carbocycles. The minimum Gasteiger partial charge on any atom is -0.496 e. The maximum atomic E-state index is 13.5. The van der Waals surface area contributed by atoms with Crippen LogP contribution in [0.4, 0.5) is 4.39 Å². The molecule has 0 aliphatic carbocycles. The topological polar surface area (TPSA) is 47.3 Å². The van der Waals surface area contributed by atoms with E-state index < -0.39 is 0 Å². The zero-order chi connectivity index (χ0) is 14.5. The van der Waals surface area contributed by atoms with E-state index in [1.54, 1.807) is 13.2 Å². The lowest BCUT2D eigenvalue weighted by atomic mass is 9.97. The highest BCUT2D eigenvalue weighted by atomic mass is 19.1. The van der Waals surface area contributed by atoms with Crippen molar-refractivity contribution in [1.29, 1.82) is 0 Å². The number of benzene rings is 2. The van der Waals surface area contributed by atoms with Gasteiger partial charge in [-0.05, 0) is 35.7 Å². The van der Waals surface area contributed by atoms with Crippen molar-refractivity contribution in [3.05, 3.63) is 65.0 Å². The van der Waals surface area contributed by atoms with Crippen molar-refractivity contribution in [3.8, 4) is 5.75 Å². The standard InChI is InChI=1S/C16H19FN2O/c1-3-11-4-6-12(7-5-11)16(19-18)14-10-13(17)8-9-15(14)20-2/h4-10,16,19H,3,18H2,1-2H3. The summed E-state index contributed by atoms with van der Waals surface area (Å²) in [5, 5.41) is 0. The van der Waals surface area contributed by atoms with Gasteiger partial charge in [-0.2, -0.15) is 0 Å². The smallest absolute Gasteiger partial charge is 0.124 e. The van der Waals surface area contributed by atoms with E-state index in [9.17, 15) is 4.39 Å².